The average Bonchev–Trinajstić information content (AvgIpc) is 3.42. The number of rotatable bonds is 53. The third-order valence-corrected chi connectivity index (χ3v) is 14.0. The van der Waals surface area contributed by atoms with Crippen molar-refractivity contribution in [2.24, 2.45) is 0 Å². The Morgan fingerprint density at radius 3 is 1.26 bits per heavy atom. The molecule has 1 fully saturated rings. The molecule has 6 atom stereocenters. The molecular formula is C65H112O12. The molecule has 3 N–H and O–H groups in total. The number of aliphatic carboxylic acids is 1. The van der Waals surface area contributed by atoms with Gasteiger partial charge in [0.1, 0.15) is 18.8 Å². The van der Waals surface area contributed by atoms with Gasteiger partial charge in [0.2, 0.25) is 0 Å². The molecule has 0 aromatic rings. The molecule has 1 heterocycles. The Hall–Kier alpha value is -3.58. The number of unbranched alkanes of at least 4 members (excludes halogenated alkanes) is 29. The van der Waals surface area contributed by atoms with Gasteiger partial charge in [0.05, 0.1) is 6.61 Å². The molecule has 0 amide bonds. The topological polar surface area (TPSA) is 175 Å². The van der Waals surface area contributed by atoms with E-state index in [-0.39, 0.29) is 25.9 Å². The van der Waals surface area contributed by atoms with Crippen molar-refractivity contribution in [2.45, 2.75) is 314 Å². The summed E-state index contributed by atoms with van der Waals surface area (Å²) in [6.07, 6.45) is 53.3. The fraction of sp³-hybridized carbons (Fsp3) is 0.785. The second-order valence-electron chi connectivity index (χ2n) is 21.3. The van der Waals surface area contributed by atoms with Gasteiger partial charge in [0, 0.05) is 19.3 Å². The van der Waals surface area contributed by atoms with Crippen LogP contribution in [0.15, 0.2) is 60.8 Å². The highest BCUT2D eigenvalue weighted by Gasteiger charge is 2.50. The van der Waals surface area contributed by atoms with Crippen LogP contribution in [0, 0.1) is 0 Å². The smallest absolute Gasteiger partial charge is 0.335 e. The van der Waals surface area contributed by atoms with Crippen LogP contribution in [-0.2, 0) is 42.9 Å². The van der Waals surface area contributed by atoms with E-state index in [2.05, 4.69) is 81.5 Å². The zero-order valence-corrected chi connectivity index (χ0v) is 49.0. The number of hydrogen-bond acceptors (Lipinski definition) is 11. The Morgan fingerprint density at radius 2 is 0.805 bits per heavy atom. The summed E-state index contributed by atoms with van der Waals surface area (Å²) >= 11 is 0. The first kappa shape index (κ1) is 71.4. The van der Waals surface area contributed by atoms with Crippen molar-refractivity contribution in [2.75, 3.05) is 13.2 Å². The summed E-state index contributed by atoms with van der Waals surface area (Å²) in [6, 6.07) is 0. The van der Waals surface area contributed by atoms with Gasteiger partial charge in [-0.1, -0.05) is 216 Å². The van der Waals surface area contributed by atoms with Gasteiger partial charge in [-0.25, -0.2) is 4.79 Å². The summed E-state index contributed by atoms with van der Waals surface area (Å²) in [6.45, 7) is 5.90. The van der Waals surface area contributed by atoms with Crippen LogP contribution < -0.4 is 0 Å². The lowest BCUT2D eigenvalue weighted by Gasteiger charge is -2.40. The monoisotopic (exact) mass is 1080 g/mol. The standard InChI is InChI=1S/C65H112O12/c1-4-7-10-13-16-19-22-25-27-28-29-30-32-34-36-39-42-45-48-51-57(66)73-54-56(75-58(67)52-49-46-43-40-38-35-31-26-23-20-17-14-11-8-5-2)55-74-65-63(61(70)60(69)62(77-65)64(71)72)76-59(68)53-50-47-44-41-37-33-24-21-18-15-12-9-6-3/h12,15,17,20-21,24-27,31,56,60-63,65,69-70H,4-11,13-14,16,18-19,22-23,28-30,32-55H2,1-3H3,(H,71,72)/b15-12-,20-17-,24-21-,27-25-,31-26-. The Balaban J connectivity index is 2.67. The fourth-order valence-corrected chi connectivity index (χ4v) is 9.20. The largest absolute Gasteiger partial charge is 0.479 e. The van der Waals surface area contributed by atoms with Crippen molar-refractivity contribution in [3.05, 3.63) is 60.8 Å². The van der Waals surface area contributed by atoms with Crippen molar-refractivity contribution >= 4 is 23.9 Å². The molecule has 1 aliphatic heterocycles. The maximum absolute atomic E-state index is 13.2. The number of carbonyl (C=O) groups excluding carboxylic acids is 3. The van der Waals surface area contributed by atoms with Gasteiger partial charge in [-0.15, -0.1) is 0 Å². The quantitative estimate of drug-likeness (QED) is 0.0228. The molecule has 1 rings (SSSR count). The van der Waals surface area contributed by atoms with Crippen LogP contribution >= 0.6 is 0 Å². The summed E-state index contributed by atoms with van der Waals surface area (Å²) < 4.78 is 28.5. The Bertz CT molecular complexity index is 1570. The number of carboxylic acid groups (broad SMARTS) is 1. The minimum atomic E-state index is -1.91. The average molecular weight is 1090 g/mol. The maximum Gasteiger partial charge on any atom is 0.335 e. The number of aliphatic hydroxyl groups is 2. The molecule has 0 aromatic heterocycles. The maximum atomic E-state index is 13.2. The highest BCUT2D eigenvalue weighted by Crippen LogP contribution is 2.26. The molecule has 1 saturated heterocycles. The van der Waals surface area contributed by atoms with Crippen LogP contribution in [0.1, 0.15) is 278 Å². The number of esters is 3. The highest BCUT2D eigenvalue weighted by atomic mass is 16.7. The van der Waals surface area contributed by atoms with E-state index in [0.29, 0.717) is 19.3 Å². The van der Waals surface area contributed by atoms with Crippen molar-refractivity contribution < 1.29 is 58.2 Å². The first-order chi connectivity index (χ1) is 37.6. The highest BCUT2D eigenvalue weighted by molar-refractivity contribution is 5.74. The third kappa shape index (κ3) is 43.0. The van der Waals surface area contributed by atoms with Gasteiger partial charge < -0.3 is 39.0 Å². The molecule has 0 radical (unpaired) electrons. The SMILES string of the molecule is CCC/C=C\C/C=C\CCCCCCCC(=O)OC1C(OCC(COC(=O)CCCCCCCCCCC/C=C\CCCCCCCC)OC(=O)CCCCCCC/C=C\C/C=C\CCCCC)OC(C(=O)O)C(O)C1O. The lowest BCUT2D eigenvalue weighted by molar-refractivity contribution is -0.301. The van der Waals surface area contributed by atoms with Crippen molar-refractivity contribution in [3.8, 4) is 0 Å². The molecule has 12 heteroatoms. The molecule has 0 aliphatic carbocycles. The molecule has 77 heavy (non-hydrogen) atoms. The Kier molecular flexibility index (Phi) is 49.2. The predicted octanol–water partition coefficient (Wildman–Crippen LogP) is 16.3. The summed E-state index contributed by atoms with van der Waals surface area (Å²) in [7, 11) is 0. The van der Waals surface area contributed by atoms with Crippen LogP contribution in [0.25, 0.3) is 0 Å². The van der Waals surface area contributed by atoms with Crippen molar-refractivity contribution in [1.82, 2.24) is 0 Å². The molecule has 444 valence electrons. The number of ether oxygens (including phenoxy) is 5. The van der Waals surface area contributed by atoms with E-state index in [1.807, 2.05) is 0 Å². The molecule has 0 spiro atoms. The molecule has 6 unspecified atom stereocenters. The van der Waals surface area contributed by atoms with Crippen LogP contribution in [0.5, 0.6) is 0 Å². The zero-order valence-electron chi connectivity index (χ0n) is 49.0. The number of carbonyl (C=O) groups is 4. The van der Waals surface area contributed by atoms with Crippen molar-refractivity contribution in [1.29, 1.82) is 0 Å². The number of hydrogen-bond donors (Lipinski definition) is 3. The van der Waals surface area contributed by atoms with Gasteiger partial charge in [-0.2, -0.15) is 0 Å². The van der Waals surface area contributed by atoms with E-state index in [1.54, 1.807) is 0 Å². The molecule has 0 bridgehead atoms. The number of allylic oxidation sites excluding steroid dienone is 10. The minimum Gasteiger partial charge on any atom is -0.479 e. The fourth-order valence-electron chi connectivity index (χ4n) is 9.20. The Labute approximate surface area is 468 Å². The first-order valence-electron chi connectivity index (χ1n) is 31.3. The number of aliphatic hydroxyl groups excluding tert-OH is 2. The van der Waals surface area contributed by atoms with E-state index in [1.165, 1.54) is 103 Å². The summed E-state index contributed by atoms with van der Waals surface area (Å²) in [5, 5.41) is 31.5. The number of carboxylic acids is 1. The minimum absolute atomic E-state index is 0.0421. The molecule has 12 nitrogen and oxygen atoms in total. The Morgan fingerprint density at radius 1 is 0.429 bits per heavy atom. The summed E-state index contributed by atoms with van der Waals surface area (Å²) in [5.74, 6) is -3.15. The van der Waals surface area contributed by atoms with Gasteiger partial charge in [0.25, 0.3) is 0 Å². The molecule has 0 saturated carbocycles. The van der Waals surface area contributed by atoms with E-state index in [0.717, 1.165) is 116 Å². The first-order valence-corrected chi connectivity index (χ1v) is 31.3. The zero-order chi connectivity index (χ0) is 56.1. The van der Waals surface area contributed by atoms with E-state index < -0.39 is 67.3 Å². The van der Waals surface area contributed by atoms with E-state index in [9.17, 15) is 34.5 Å². The molecular weight excluding hydrogens is 973 g/mol. The van der Waals surface area contributed by atoms with Crippen LogP contribution in [0.4, 0.5) is 0 Å². The lowest BCUT2D eigenvalue weighted by atomic mass is 9.98. The summed E-state index contributed by atoms with van der Waals surface area (Å²) in [5.41, 5.74) is 0. The normalized spacial score (nSPS) is 18.4. The van der Waals surface area contributed by atoms with Crippen molar-refractivity contribution in [3.63, 3.8) is 0 Å². The van der Waals surface area contributed by atoms with Gasteiger partial charge in [-0.3, -0.25) is 14.4 Å². The lowest BCUT2D eigenvalue weighted by Crippen LogP contribution is -2.61. The molecule has 1 aliphatic rings. The van der Waals surface area contributed by atoms with E-state index in [4.69, 9.17) is 23.7 Å². The second-order valence-corrected chi connectivity index (χ2v) is 21.3. The van der Waals surface area contributed by atoms with Crippen LogP contribution in [0.3, 0.4) is 0 Å². The van der Waals surface area contributed by atoms with Crippen LogP contribution in [-0.4, -0.2) is 89.2 Å². The van der Waals surface area contributed by atoms with E-state index >= 15 is 0 Å². The predicted molar refractivity (Wildman–Crippen MR) is 312 cm³/mol. The van der Waals surface area contributed by atoms with Gasteiger partial charge in [0.15, 0.2) is 24.6 Å². The summed E-state index contributed by atoms with van der Waals surface area (Å²) in [4.78, 5) is 51.2. The van der Waals surface area contributed by atoms with Crippen LogP contribution in [0.2, 0.25) is 0 Å². The second kappa shape index (κ2) is 53.1. The molecule has 0 aromatic carbocycles. The van der Waals surface area contributed by atoms with Gasteiger partial charge in [-0.05, 0) is 103 Å². The van der Waals surface area contributed by atoms with Gasteiger partial charge >= 0.3 is 23.9 Å². The third-order valence-electron chi connectivity index (χ3n) is 14.0.